The number of amides is 1. The maximum Gasteiger partial charge on any atom is 0.340 e. The molecule has 0 atom stereocenters. The zero-order chi connectivity index (χ0) is 22.4. The van der Waals surface area contributed by atoms with Gasteiger partial charge in [0.25, 0.3) is 5.91 Å². The van der Waals surface area contributed by atoms with E-state index in [0.29, 0.717) is 16.8 Å². The van der Waals surface area contributed by atoms with Crippen molar-refractivity contribution in [2.75, 3.05) is 5.32 Å². The van der Waals surface area contributed by atoms with E-state index >= 15 is 0 Å². The lowest BCUT2D eigenvalue weighted by Crippen LogP contribution is -2.25. The maximum atomic E-state index is 12.7. The van der Waals surface area contributed by atoms with Gasteiger partial charge in [-0.3, -0.25) is 4.79 Å². The summed E-state index contributed by atoms with van der Waals surface area (Å²) in [7, 11) is 0. The van der Waals surface area contributed by atoms with Crippen LogP contribution in [0.2, 0.25) is 0 Å². The lowest BCUT2D eigenvalue weighted by molar-refractivity contribution is 0.00707. The van der Waals surface area contributed by atoms with Crippen LogP contribution in [0.1, 0.15) is 52.6 Å². The quantitative estimate of drug-likeness (QED) is 0.410. The highest BCUT2D eigenvalue weighted by Gasteiger charge is 2.21. The minimum Gasteiger partial charge on any atom is -0.507 e. The molecule has 3 aromatic carbocycles. The summed E-state index contributed by atoms with van der Waals surface area (Å²) in [6.45, 7) is 5.36. The zero-order valence-electron chi connectivity index (χ0n) is 17.8. The van der Waals surface area contributed by atoms with Crippen molar-refractivity contribution in [2.24, 2.45) is 0 Å². The molecule has 5 nitrogen and oxygen atoms in total. The number of anilines is 1. The summed E-state index contributed by atoms with van der Waals surface area (Å²) in [6, 6.07) is 20.8. The number of carbonyl (C=O) groups excluding carboxylic acids is 2. The van der Waals surface area contributed by atoms with Gasteiger partial charge in [-0.15, -0.1) is 0 Å². The summed E-state index contributed by atoms with van der Waals surface area (Å²) in [4.78, 5) is 25.4. The first-order valence-corrected chi connectivity index (χ1v) is 9.93. The highest BCUT2D eigenvalue weighted by molar-refractivity contribution is 6.08. The van der Waals surface area contributed by atoms with Gasteiger partial charge in [-0.2, -0.15) is 0 Å². The Morgan fingerprint density at radius 2 is 1.58 bits per heavy atom. The van der Waals surface area contributed by atoms with Crippen molar-refractivity contribution in [1.82, 2.24) is 0 Å². The molecule has 0 saturated heterocycles. The SMILES string of the molecule is CC(C)(C)OC(=O)c1ccc(C=Cc2ccccc2O)cc1NC(=O)c1ccccc1. The fraction of sp³-hybridized carbons (Fsp3) is 0.154. The molecule has 158 valence electrons. The summed E-state index contributed by atoms with van der Waals surface area (Å²) >= 11 is 0. The Bertz CT molecular complexity index is 1110. The molecule has 0 bridgehead atoms. The highest BCUT2D eigenvalue weighted by atomic mass is 16.6. The second-order valence-electron chi connectivity index (χ2n) is 8.02. The van der Waals surface area contributed by atoms with Gasteiger partial charge in [0.15, 0.2) is 0 Å². The van der Waals surface area contributed by atoms with Gasteiger partial charge >= 0.3 is 5.97 Å². The molecule has 0 aliphatic rings. The predicted molar refractivity (Wildman–Crippen MR) is 123 cm³/mol. The molecule has 0 unspecified atom stereocenters. The van der Waals surface area contributed by atoms with Gasteiger partial charge in [-0.25, -0.2) is 4.79 Å². The fourth-order valence-corrected chi connectivity index (χ4v) is 2.88. The standard InChI is InChI=1S/C26H25NO4/c1-26(2,3)31-25(30)21-16-14-18(13-15-19-9-7-8-12-23(19)28)17-22(21)27-24(29)20-10-5-4-6-11-20/h4-17,28H,1-3H3,(H,27,29). The Morgan fingerprint density at radius 1 is 0.903 bits per heavy atom. The Hall–Kier alpha value is -3.86. The van der Waals surface area contributed by atoms with E-state index in [9.17, 15) is 14.7 Å². The lowest BCUT2D eigenvalue weighted by Gasteiger charge is -2.21. The van der Waals surface area contributed by atoms with Crippen molar-refractivity contribution in [3.63, 3.8) is 0 Å². The van der Waals surface area contributed by atoms with E-state index in [1.54, 1.807) is 93.6 Å². The van der Waals surface area contributed by atoms with Gasteiger partial charge in [0.05, 0.1) is 11.3 Å². The number of phenolic OH excluding ortho intramolecular Hbond substituents is 1. The number of hydrogen-bond donors (Lipinski definition) is 2. The van der Waals surface area contributed by atoms with Gasteiger partial charge in [-0.1, -0.05) is 54.6 Å². The number of hydrogen-bond acceptors (Lipinski definition) is 4. The number of benzene rings is 3. The van der Waals surface area contributed by atoms with Crippen LogP contribution in [0.5, 0.6) is 5.75 Å². The highest BCUT2D eigenvalue weighted by Crippen LogP contribution is 2.24. The lowest BCUT2D eigenvalue weighted by atomic mass is 10.1. The van der Waals surface area contributed by atoms with Crippen LogP contribution >= 0.6 is 0 Å². The summed E-state index contributed by atoms with van der Waals surface area (Å²) in [5.74, 6) is -0.680. The average molecular weight is 415 g/mol. The summed E-state index contributed by atoms with van der Waals surface area (Å²) in [5, 5.41) is 12.8. The number of para-hydroxylation sites is 1. The largest absolute Gasteiger partial charge is 0.507 e. The molecule has 0 aliphatic heterocycles. The fourth-order valence-electron chi connectivity index (χ4n) is 2.88. The van der Waals surface area contributed by atoms with Gasteiger partial charge in [0, 0.05) is 11.1 Å². The first kappa shape index (κ1) is 21.8. The summed E-state index contributed by atoms with van der Waals surface area (Å²) < 4.78 is 5.50. The first-order valence-electron chi connectivity index (χ1n) is 9.93. The Kier molecular flexibility index (Phi) is 6.55. The van der Waals surface area contributed by atoms with Crippen molar-refractivity contribution in [3.8, 4) is 5.75 Å². The van der Waals surface area contributed by atoms with Crippen LogP contribution in [-0.4, -0.2) is 22.6 Å². The molecular weight excluding hydrogens is 390 g/mol. The van der Waals surface area contributed by atoms with E-state index in [-0.39, 0.29) is 17.2 Å². The smallest absolute Gasteiger partial charge is 0.340 e. The van der Waals surface area contributed by atoms with E-state index in [1.807, 2.05) is 12.1 Å². The molecule has 0 aliphatic carbocycles. The molecule has 0 fully saturated rings. The summed E-state index contributed by atoms with van der Waals surface area (Å²) in [5.41, 5.74) is 1.84. The molecule has 5 heteroatoms. The molecule has 0 radical (unpaired) electrons. The number of carbonyl (C=O) groups is 2. The molecule has 3 rings (SSSR count). The number of esters is 1. The third kappa shape index (κ3) is 6.06. The van der Waals surface area contributed by atoms with Crippen molar-refractivity contribution < 1.29 is 19.4 Å². The van der Waals surface area contributed by atoms with E-state index in [2.05, 4.69) is 5.32 Å². The van der Waals surface area contributed by atoms with Crippen LogP contribution in [0.3, 0.4) is 0 Å². The molecule has 31 heavy (non-hydrogen) atoms. The van der Waals surface area contributed by atoms with Crippen LogP contribution in [0.15, 0.2) is 72.8 Å². The molecule has 2 N–H and O–H groups in total. The molecule has 1 amide bonds. The van der Waals surface area contributed by atoms with Crippen LogP contribution in [-0.2, 0) is 4.74 Å². The first-order chi connectivity index (χ1) is 14.7. The van der Waals surface area contributed by atoms with Gasteiger partial charge in [0.1, 0.15) is 11.4 Å². The predicted octanol–water partition coefficient (Wildman–Crippen LogP) is 5.77. The maximum absolute atomic E-state index is 12.7. The number of rotatable bonds is 5. The second-order valence-corrected chi connectivity index (χ2v) is 8.02. The summed E-state index contributed by atoms with van der Waals surface area (Å²) in [6.07, 6.45) is 3.56. The van der Waals surface area contributed by atoms with E-state index in [1.165, 1.54) is 0 Å². The third-order valence-electron chi connectivity index (χ3n) is 4.34. The van der Waals surface area contributed by atoms with Gasteiger partial charge < -0.3 is 15.2 Å². The molecule has 3 aromatic rings. The zero-order valence-corrected chi connectivity index (χ0v) is 17.8. The minimum atomic E-state index is -0.665. The Labute approximate surface area is 182 Å². The normalized spacial score (nSPS) is 11.3. The van der Waals surface area contributed by atoms with Gasteiger partial charge in [0.2, 0.25) is 0 Å². The third-order valence-corrected chi connectivity index (χ3v) is 4.34. The average Bonchev–Trinajstić information content (AvgIpc) is 2.72. The van der Waals surface area contributed by atoms with E-state index in [0.717, 1.165) is 5.56 Å². The molecule has 0 aromatic heterocycles. The van der Waals surface area contributed by atoms with Crippen molar-refractivity contribution in [2.45, 2.75) is 26.4 Å². The van der Waals surface area contributed by atoms with Crippen LogP contribution in [0.25, 0.3) is 12.2 Å². The van der Waals surface area contributed by atoms with Crippen molar-refractivity contribution >= 4 is 29.7 Å². The minimum absolute atomic E-state index is 0.168. The van der Waals surface area contributed by atoms with Crippen LogP contribution in [0.4, 0.5) is 5.69 Å². The topological polar surface area (TPSA) is 75.6 Å². The second kappa shape index (κ2) is 9.30. The van der Waals surface area contributed by atoms with Crippen LogP contribution < -0.4 is 5.32 Å². The molecule has 0 saturated carbocycles. The van der Waals surface area contributed by atoms with E-state index < -0.39 is 11.6 Å². The van der Waals surface area contributed by atoms with Crippen molar-refractivity contribution in [1.29, 1.82) is 0 Å². The monoisotopic (exact) mass is 415 g/mol. The van der Waals surface area contributed by atoms with Crippen molar-refractivity contribution in [3.05, 3.63) is 95.1 Å². The van der Waals surface area contributed by atoms with Crippen LogP contribution in [0, 0.1) is 0 Å². The number of aromatic hydroxyl groups is 1. The number of nitrogens with one attached hydrogen (secondary N) is 1. The Balaban J connectivity index is 1.94. The van der Waals surface area contributed by atoms with E-state index in [4.69, 9.17) is 4.74 Å². The molecular formula is C26H25NO4. The Morgan fingerprint density at radius 3 is 2.26 bits per heavy atom. The van der Waals surface area contributed by atoms with Gasteiger partial charge in [-0.05, 0) is 56.7 Å². The number of ether oxygens (including phenoxy) is 1. The molecule has 0 spiro atoms. The molecule has 0 heterocycles. The number of phenols is 1.